The highest BCUT2D eigenvalue weighted by Gasteiger charge is 1.59. The molecular formula is C4H6S. The summed E-state index contributed by atoms with van der Waals surface area (Å²) < 4.78 is 0. The van der Waals surface area contributed by atoms with E-state index in [2.05, 4.69) is 17.2 Å². The van der Waals surface area contributed by atoms with Crippen LogP contribution in [0.2, 0.25) is 0 Å². The molecule has 0 N–H and O–H groups in total. The molecule has 0 nitrogen and oxygen atoms in total. The Labute approximate surface area is 37.5 Å². The smallest absolute Gasteiger partial charge is 0.0230 e. The van der Waals surface area contributed by atoms with Gasteiger partial charge in [-0.25, -0.2) is 0 Å². The molecule has 0 radical (unpaired) electrons. The Bertz CT molecular complexity index is 63.7. The van der Waals surface area contributed by atoms with Gasteiger partial charge in [0, 0.05) is 0 Å². The standard InChI is InChI=1S/C4H6S/c1-4(2)3-5/h1-2H3. The average molecular weight is 86.2 g/mol. The summed E-state index contributed by atoms with van der Waals surface area (Å²) in [4.78, 5) is 0. The largest absolute Gasteiger partial charge is 0.0475 e. The highest BCUT2D eigenvalue weighted by molar-refractivity contribution is 7.78. The highest BCUT2D eigenvalue weighted by Crippen LogP contribution is 1.74. The van der Waals surface area contributed by atoms with Crippen molar-refractivity contribution in [2.24, 2.45) is 0 Å². The Balaban J connectivity index is 3.60. The number of thiocarbonyl (C=S) groups is 1. The highest BCUT2D eigenvalue weighted by atomic mass is 32.1. The van der Waals surface area contributed by atoms with E-state index in [0.29, 0.717) is 0 Å². The molecule has 0 amide bonds. The van der Waals surface area contributed by atoms with Gasteiger partial charge in [-0.3, -0.25) is 0 Å². The molecule has 0 aromatic rings. The van der Waals surface area contributed by atoms with Crippen LogP contribution in [0.5, 0.6) is 0 Å². The van der Waals surface area contributed by atoms with Gasteiger partial charge in [-0.15, -0.1) is 0 Å². The van der Waals surface area contributed by atoms with E-state index >= 15 is 0 Å². The normalized spacial score (nSPS) is 6.00. The van der Waals surface area contributed by atoms with Crippen molar-refractivity contribution in [1.82, 2.24) is 0 Å². The fourth-order valence-electron chi connectivity index (χ4n) is 0. The van der Waals surface area contributed by atoms with E-state index < -0.39 is 0 Å². The molecule has 0 bridgehead atoms. The summed E-state index contributed by atoms with van der Waals surface area (Å²) in [5.74, 6) is 0. The first kappa shape index (κ1) is 4.87. The van der Waals surface area contributed by atoms with Crippen molar-refractivity contribution < 1.29 is 0 Å². The maximum Gasteiger partial charge on any atom is -0.0230 e. The first-order valence-corrected chi connectivity index (χ1v) is 1.86. The van der Waals surface area contributed by atoms with Gasteiger partial charge in [-0.1, -0.05) is 0 Å². The van der Waals surface area contributed by atoms with Crippen LogP contribution in [0.3, 0.4) is 0 Å². The fourth-order valence-corrected chi connectivity index (χ4v) is 0. The second-order valence-corrected chi connectivity index (χ2v) is 1.31. The lowest BCUT2D eigenvalue weighted by atomic mass is 10.4. The molecule has 0 saturated carbocycles. The Morgan fingerprint density at radius 3 is 1.80 bits per heavy atom. The number of hydrogen-bond acceptors (Lipinski definition) is 1. The van der Waals surface area contributed by atoms with Gasteiger partial charge in [0.2, 0.25) is 0 Å². The van der Waals surface area contributed by atoms with Gasteiger partial charge in [-0.05, 0) is 36.7 Å². The SMILES string of the molecule is CC(C)=C=S. The Morgan fingerprint density at radius 1 is 1.60 bits per heavy atom. The molecule has 5 heavy (non-hydrogen) atoms. The number of allylic oxidation sites excluding steroid dienone is 1. The summed E-state index contributed by atoms with van der Waals surface area (Å²) >= 11 is 4.39. The molecule has 0 aromatic heterocycles. The maximum absolute atomic E-state index is 4.39. The topological polar surface area (TPSA) is 0 Å². The summed E-state index contributed by atoms with van der Waals surface area (Å²) in [7, 11) is 0. The predicted molar refractivity (Wildman–Crippen MR) is 27.5 cm³/mol. The van der Waals surface area contributed by atoms with Crippen molar-refractivity contribution in [1.29, 1.82) is 0 Å². The molecule has 0 spiro atoms. The molecule has 0 aliphatic heterocycles. The third kappa shape index (κ3) is 3.87. The zero-order valence-corrected chi connectivity index (χ0v) is 4.22. The fraction of sp³-hybridized carbons (Fsp3) is 0.500. The first-order chi connectivity index (χ1) is 2.27. The van der Waals surface area contributed by atoms with Crippen LogP contribution in [-0.4, -0.2) is 5.02 Å². The van der Waals surface area contributed by atoms with Gasteiger partial charge in [0.05, 0.1) is 0 Å². The first-order valence-electron chi connectivity index (χ1n) is 1.45. The number of hydrogen-bond donors (Lipinski definition) is 0. The minimum atomic E-state index is 1.07. The van der Waals surface area contributed by atoms with Crippen LogP contribution in [0, 0.1) is 0 Å². The second-order valence-electron chi connectivity index (χ2n) is 1.10. The van der Waals surface area contributed by atoms with Crippen LogP contribution in [0.4, 0.5) is 0 Å². The summed E-state index contributed by atoms with van der Waals surface area (Å²) in [6, 6.07) is 0. The Morgan fingerprint density at radius 2 is 1.80 bits per heavy atom. The van der Waals surface area contributed by atoms with Crippen LogP contribution in [-0.2, 0) is 0 Å². The molecule has 0 fully saturated rings. The Kier molecular flexibility index (Phi) is 2.07. The molecule has 0 heterocycles. The van der Waals surface area contributed by atoms with Crippen molar-refractivity contribution in [3.63, 3.8) is 0 Å². The van der Waals surface area contributed by atoms with Gasteiger partial charge < -0.3 is 0 Å². The molecule has 0 aliphatic rings. The van der Waals surface area contributed by atoms with Gasteiger partial charge in [0.15, 0.2) is 0 Å². The molecule has 0 aromatic carbocycles. The Hall–Kier alpha value is -0.130. The molecular weight excluding hydrogens is 80.1 g/mol. The van der Waals surface area contributed by atoms with Crippen molar-refractivity contribution in [3.8, 4) is 0 Å². The minimum Gasteiger partial charge on any atom is -0.0475 e. The molecule has 1 heteroatoms. The van der Waals surface area contributed by atoms with Crippen molar-refractivity contribution in [3.05, 3.63) is 5.57 Å². The van der Waals surface area contributed by atoms with Gasteiger partial charge in [0.25, 0.3) is 0 Å². The maximum atomic E-state index is 4.39. The van der Waals surface area contributed by atoms with Gasteiger partial charge >= 0.3 is 0 Å². The van der Waals surface area contributed by atoms with Gasteiger partial charge in [0.1, 0.15) is 0 Å². The van der Waals surface area contributed by atoms with E-state index in [-0.39, 0.29) is 0 Å². The van der Waals surface area contributed by atoms with E-state index in [1.807, 2.05) is 13.8 Å². The monoisotopic (exact) mass is 86.0 g/mol. The average Bonchev–Trinajstić information content (AvgIpc) is 1.38. The lowest BCUT2D eigenvalue weighted by molar-refractivity contribution is 1.46. The lowest BCUT2D eigenvalue weighted by Crippen LogP contribution is -1.53. The van der Waals surface area contributed by atoms with E-state index in [1.54, 1.807) is 0 Å². The van der Waals surface area contributed by atoms with Crippen molar-refractivity contribution in [2.75, 3.05) is 0 Å². The van der Waals surface area contributed by atoms with Crippen LogP contribution >= 0.6 is 12.2 Å². The van der Waals surface area contributed by atoms with Crippen molar-refractivity contribution >= 4 is 17.2 Å². The molecule has 28 valence electrons. The quantitative estimate of drug-likeness (QED) is 0.403. The van der Waals surface area contributed by atoms with Crippen molar-refractivity contribution in [2.45, 2.75) is 13.8 Å². The van der Waals surface area contributed by atoms with E-state index in [9.17, 15) is 0 Å². The van der Waals surface area contributed by atoms with E-state index in [0.717, 1.165) is 5.57 Å². The molecule has 0 saturated heterocycles. The van der Waals surface area contributed by atoms with Crippen LogP contribution in [0.25, 0.3) is 0 Å². The molecule has 0 rings (SSSR count). The van der Waals surface area contributed by atoms with E-state index in [1.165, 1.54) is 0 Å². The van der Waals surface area contributed by atoms with E-state index in [4.69, 9.17) is 0 Å². The molecule has 0 atom stereocenters. The predicted octanol–water partition coefficient (Wildman–Crippen LogP) is 1.55. The lowest BCUT2D eigenvalue weighted by Gasteiger charge is -1.65. The van der Waals surface area contributed by atoms with Crippen LogP contribution in [0.1, 0.15) is 13.8 Å². The zero-order valence-electron chi connectivity index (χ0n) is 3.41. The van der Waals surface area contributed by atoms with Crippen LogP contribution < -0.4 is 0 Å². The zero-order chi connectivity index (χ0) is 4.28. The van der Waals surface area contributed by atoms with Gasteiger partial charge in [-0.2, -0.15) is 0 Å². The minimum absolute atomic E-state index is 1.07. The van der Waals surface area contributed by atoms with Crippen LogP contribution in [0.15, 0.2) is 5.57 Å². The summed E-state index contributed by atoms with van der Waals surface area (Å²) in [5.41, 5.74) is 1.07. The number of rotatable bonds is 0. The molecule has 0 aliphatic carbocycles. The molecule has 0 unspecified atom stereocenters. The third-order valence-corrected chi connectivity index (χ3v) is 0.612. The summed E-state index contributed by atoms with van der Waals surface area (Å²) in [6.45, 7) is 3.85. The summed E-state index contributed by atoms with van der Waals surface area (Å²) in [5, 5.41) is 2.53. The summed E-state index contributed by atoms with van der Waals surface area (Å²) in [6.07, 6.45) is 0. The third-order valence-electron chi connectivity index (χ3n) is 0.204. The second kappa shape index (κ2) is 2.13.